The number of hydrogen-bond donors (Lipinski definition) is 2. The third-order valence-electron chi connectivity index (χ3n) is 4.63. The molecule has 4 heteroatoms. The Hall–Kier alpha value is -0.160. The number of aliphatic hydroxyl groups is 1. The Morgan fingerprint density at radius 2 is 2.06 bits per heavy atom. The summed E-state index contributed by atoms with van der Waals surface area (Å²) in [5, 5.41) is 10.1. The summed E-state index contributed by atoms with van der Waals surface area (Å²) in [7, 11) is 0. The quantitative estimate of drug-likeness (QED) is 0.774. The van der Waals surface area contributed by atoms with Crippen LogP contribution in [0.5, 0.6) is 0 Å². The van der Waals surface area contributed by atoms with Crippen molar-refractivity contribution in [2.24, 2.45) is 5.73 Å². The van der Waals surface area contributed by atoms with Crippen molar-refractivity contribution in [1.82, 2.24) is 9.80 Å². The van der Waals surface area contributed by atoms with E-state index < -0.39 is 5.60 Å². The van der Waals surface area contributed by atoms with Crippen molar-refractivity contribution in [1.29, 1.82) is 0 Å². The SMILES string of the molecule is CC(CC(C)(O)CN)N1CCCN2CCCC2C1. The molecule has 2 fully saturated rings. The van der Waals surface area contributed by atoms with Gasteiger partial charge in [-0.15, -0.1) is 0 Å². The van der Waals surface area contributed by atoms with E-state index in [1.54, 1.807) is 0 Å². The highest BCUT2D eigenvalue weighted by atomic mass is 16.3. The van der Waals surface area contributed by atoms with Crippen molar-refractivity contribution >= 4 is 0 Å². The van der Waals surface area contributed by atoms with Gasteiger partial charge in [0.05, 0.1) is 5.60 Å². The summed E-state index contributed by atoms with van der Waals surface area (Å²) in [4.78, 5) is 5.20. The second-order valence-corrected chi connectivity index (χ2v) is 6.43. The van der Waals surface area contributed by atoms with Crippen molar-refractivity contribution in [3.63, 3.8) is 0 Å². The molecule has 0 amide bonds. The van der Waals surface area contributed by atoms with Gasteiger partial charge in [0.25, 0.3) is 0 Å². The Morgan fingerprint density at radius 1 is 1.33 bits per heavy atom. The van der Waals surface area contributed by atoms with E-state index in [1.807, 2.05) is 6.92 Å². The average Bonchev–Trinajstić information content (AvgIpc) is 2.66. The first-order chi connectivity index (χ1) is 8.52. The minimum atomic E-state index is -0.721. The topological polar surface area (TPSA) is 52.7 Å². The minimum Gasteiger partial charge on any atom is -0.389 e. The molecule has 2 rings (SSSR count). The van der Waals surface area contributed by atoms with Crippen LogP contribution in [0.1, 0.15) is 39.5 Å². The first-order valence-electron chi connectivity index (χ1n) is 7.42. The maximum atomic E-state index is 10.1. The lowest BCUT2D eigenvalue weighted by Crippen LogP contribution is -2.46. The average molecular weight is 255 g/mol. The molecule has 18 heavy (non-hydrogen) atoms. The zero-order valence-electron chi connectivity index (χ0n) is 11.9. The van der Waals surface area contributed by atoms with Crippen LogP contribution in [0.4, 0.5) is 0 Å². The summed E-state index contributed by atoms with van der Waals surface area (Å²) >= 11 is 0. The summed E-state index contributed by atoms with van der Waals surface area (Å²) in [5.41, 5.74) is 4.90. The van der Waals surface area contributed by atoms with Gasteiger partial charge in [-0.2, -0.15) is 0 Å². The van der Waals surface area contributed by atoms with E-state index in [-0.39, 0.29) is 0 Å². The van der Waals surface area contributed by atoms with E-state index in [1.165, 1.54) is 38.9 Å². The Kier molecular flexibility index (Phi) is 4.64. The molecule has 2 heterocycles. The van der Waals surface area contributed by atoms with Gasteiger partial charge in [0.15, 0.2) is 0 Å². The van der Waals surface area contributed by atoms with Crippen LogP contribution in [-0.2, 0) is 0 Å². The maximum absolute atomic E-state index is 10.1. The summed E-state index contributed by atoms with van der Waals surface area (Å²) in [6.07, 6.45) is 4.73. The van der Waals surface area contributed by atoms with Crippen LogP contribution in [0.3, 0.4) is 0 Å². The highest BCUT2D eigenvalue weighted by Gasteiger charge is 2.32. The van der Waals surface area contributed by atoms with E-state index in [2.05, 4.69) is 16.7 Å². The summed E-state index contributed by atoms with van der Waals surface area (Å²) in [5.74, 6) is 0. The molecule has 0 aromatic heterocycles. The number of nitrogens with zero attached hydrogens (tertiary/aromatic N) is 2. The molecule has 0 saturated carbocycles. The number of nitrogens with two attached hydrogens (primary N) is 1. The van der Waals surface area contributed by atoms with E-state index in [0.29, 0.717) is 12.6 Å². The molecule has 0 aromatic carbocycles. The molecule has 3 N–H and O–H groups in total. The fourth-order valence-corrected chi connectivity index (χ4v) is 3.48. The molecule has 3 unspecified atom stereocenters. The van der Waals surface area contributed by atoms with E-state index in [4.69, 9.17) is 5.73 Å². The van der Waals surface area contributed by atoms with Gasteiger partial charge in [-0.25, -0.2) is 0 Å². The van der Waals surface area contributed by atoms with Crippen LogP contribution in [0.25, 0.3) is 0 Å². The smallest absolute Gasteiger partial charge is 0.0756 e. The molecule has 4 nitrogen and oxygen atoms in total. The molecule has 2 aliphatic rings. The fourth-order valence-electron chi connectivity index (χ4n) is 3.48. The third kappa shape index (κ3) is 3.44. The Bertz CT molecular complexity index is 270. The molecule has 0 radical (unpaired) electrons. The molecule has 0 aliphatic carbocycles. The van der Waals surface area contributed by atoms with Crippen LogP contribution >= 0.6 is 0 Å². The van der Waals surface area contributed by atoms with Gasteiger partial charge >= 0.3 is 0 Å². The van der Waals surface area contributed by atoms with Gasteiger partial charge in [-0.3, -0.25) is 9.80 Å². The molecule has 2 saturated heterocycles. The van der Waals surface area contributed by atoms with Crippen LogP contribution in [0.15, 0.2) is 0 Å². The third-order valence-corrected chi connectivity index (χ3v) is 4.63. The largest absolute Gasteiger partial charge is 0.389 e. The molecule has 3 atom stereocenters. The lowest BCUT2D eigenvalue weighted by Gasteiger charge is -2.34. The van der Waals surface area contributed by atoms with Crippen LogP contribution in [0.2, 0.25) is 0 Å². The monoisotopic (exact) mass is 255 g/mol. The van der Waals surface area contributed by atoms with Crippen LogP contribution < -0.4 is 5.73 Å². The van der Waals surface area contributed by atoms with Gasteiger partial charge in [0, 0.05) is 25.2 Å². The fraction of sp³-hybridized carbons (Fsp3) is 1.00. The van der Waals surface area contributed by atoms with Gasteiger partial charge < -0.3 is 10.8 Å². The normalized spacial score (nSPS) is 31.7. The summed E-state index contributed by atoms with van der Waals surface area (Å²) < 4.78 is 0. The molecule has 0 spiro atoms. The second-order valence-electron chi connectivity index (χ2n) is 6.43. The van der Waals surface area contributed by atoms with Crippen molar-refractivity contribution in [3.05, 3.63) is 0 Å². The molecular weight excluding hydrogens is 226 g/mol. The predicted octanol–water partition coefficient (Wildman–Crippen LogP) is 0.645. The first-order valence-corrected chi connectivity index (χ1v) is 7.42. The zero-order chi connectivity index (χ0) is 13.2. The minimum absolute atomic E-state index is 0.348. The van der Waals surface area contributed by atoms with Gasteiger partial charge in [-0.1, -0.05) is 0 Å². The van der Waals surface area contributed by atoms with Gasteiger partial charge in [-0.05, 0) is 59.2 Å². The number of fused-ring (bicyclic) bond motifs is 1. The molecule has 2 aliphatic heterocycles. The Labute approximate surface area is 111 Å². The van der Waals surface area contributed by atoms with Crippen molar-refractivity contribution in [3.8, 4) is 0 Å². The Balaban J connectivity index is 1.91. The van der Waals surface area contributed by atoms with E-state index >= 15 is 0 Å². The molecule has 106 valence electrons. The molecular formula is C14H29N3O. The highest BCUT2D eigenvalue weighted by molar-refractivity contribution is 4.88. The first kappa shape index (κ1) is 14.3. The lowest BCUT2D eigenvalue weighted by atomic mass is 9.96. The summed E-state index contributed by atoms with van der Waals surface area (Å²) in [6, 6.07) is 1.17. The van der Waals surface area contributed by atoms with Gasteiger partial charge in [0.1, 0.15) is 0 Å². The summed E-state index contributed by atoms with van der Waals surface area (Å²) in [6.45, 7) is 9.30. The van der Waals surface area contributed by atoms with Crippen molar-refractivity contribution in [2.45, 2.75) is 57.2 Å². The predicted molar refractivity (Wildman–Crippen MR) is 74.5 cm³/mol. The molecule has 0 bridgehead atoms. The van der Waals surface area contributed by atoms with E-state index in [0.717, 1.165) is 19.0 Å². The second kappa shape index (κ2) is 5.87. The number of rotatable bonds is 4. The number of hydrogen-bond acceptors (Lipinski definition) is 4. The zero-order valence-corrected chi connectivity index (χ0v) is 11.9. The highest BCUT2D eigenvalue weighted by Crippen LogP contribution is 2.24. The lowest BCUT2D eigenvalue weighted by molar-refractivity contribution is 0.0274. The van der Waals surface area contributed by atoms with Crippen LogP contribution in [-0.4, -0.2) is 65.3 Å². The van der Waals surface area contributed by atoms with Gasteiger partial charge in [0.2, 0.25) is 0 Å². The Morgan fingerprint density at radius 3 is 2.78 bits per heavy atom. The molecule has 0 aromatic rings. The van der Waals surface area contributed by atoms with Crippen LogP contribution in [0, 0.1) is 0 Å². The van der Waals surface area contributed by atoms with Crippen molar-refractivity contribution in [2.75, 3.05) is 32.7 Å². The standard InChI is InChI=1S/C14H29N3O/c1-12(9-14(2,18)11-15)17-8-4-7-16-6-3-5-13(16)10-17/h12-13,18H,3-11,15H2,1-2H3. The maximum Gasteiger partial charge on any atom is 0.0756 e. The van der Waals surface area contributed by atoms with E-state index in [9.17, 15) is 5.11 Å². The van der Waals surface area contributed by atoms with Crippen molar-refractivity contribution < 1.29 is 5.11 Å².